The predicted octanol–water partition coefficient (Wildman–Crippen LogP) is 3.17. The molecule has 0 aromatic heterocycles. The lowest BCUT2D eigenvalue weighted by molar-refractivity contribution is -0.124. The maximum Gasteiger partial charge on any atom is 0.339 e. The number of ether oxygens (including phenoxy) is 1. The van der Waals surface area contributed by atoms with E-state index in [1.165, 1.54) is 31.2 Å². The number of esters is 1. The first-order valence-corrected chi connectivity index (χ1v) is 10.3. The first-order valence-electron chi connectivity index (χ1n) is 8.28. The van der Waals surface area contributed by atoms with Crippen LogP contribution in [0.4, 0.5) is 0 Å². The van der Waals surface area contributed by atoms with Crippen LogP contribution in [-0.2, 0) is 19.4 Å². The minimum atomic E-state index is -3.58. The van der Waals surface area contributed by atoms with Gasteiger partial charge in [-0.15, -0.1) is 0 Å². The average molecular weight is 410 g/mol. The second kappa shape index (κ2) is 9.01. The Morgan fingerprint density at radius 3 is 2.37 bits per heavy atom. The van der Waals surface area contributed by atoms with E-state index in [1.807, 2.05) is 0 Å². The maximum atomic E-state index is 12.2. The summed E-state index contributed by atoms with van der Waals surface area (Å²) >= 11 is 5.83. The highest BCUT2D eigenvalue weighted by Crippen LogP contribution is 2.18. The van der Waals surface area contributed by atoms with Crippen LogP contribution >= 0.6 is 11.6 Å². The van der Waals surface area contributed by atoms with Gasteiger partial charge in [-0.1, -0.05) is 42.8 Å². The molecule has 6 nitrogen and oxygen atoms in total. The largest absolute Gasteiger partial charge is 0.452 e. The highest BCUT2D eigenvalue weighted by Gasteiger charge is 2.22. The van der Waals surface area contributed by atoms with Crippen molar-refractivity contribution < 1.29 is 22.7 Å². The molecule has 2 aromatic carbocycles. The molecule has 0 heterocycles. The molecule has 0 aliphatic carbocycles. The van der Waals surface area contributed by atoms with Crippen LogP contribution in [0, 0.1) is 0 Å². The minimum Gasteiger partial charge on any atom is -0.452 e. The van der Waals surface area contributed by atoms with Gasteiger partial charge in [-0.25, -0.2) is 13.2 Å². The van der Waals surface area contributed by atoms with Crippen molar-refractivity contribution >= 4 is 33.3 Å². The van der Waals surface area contributed by atoms with E-state index >= 15 is 0 Å². The Hall–Kier alpha value is -2.38. The van der Waals surface area contributed by atoms with Crippen LogP contribution in [0.15, 0.2) is 53.4 Å². The van der Waals surface area contributed by atoms with E-state index in [1.54, 1.807) is 31.2 Å². The van der Waals surface area contributed by atoms with Crippen LogP contribution in [0.3, 0.4) is 0 Å². The van der Waals surface area contributed by atoms with Crippen molar-refractivity contribution in [1.29, 1.82) is 0 Å². The highest BCUT2D eigenvalue weighted by atomic mass is 35.5. The average Bonchev–Trinajstić information content (AvgIpc) is 2.66. The number of hydrogen-bond acceptors (Lipinski definition) is 5. The normalized spacial score (nSPS) is 12.3. The molecule has 8 heteroatoms. The second-order valence-electron chi connectivity index (χ2n) is 5.82. The van der Waals surface area contributed by atoms with Crippen LogP contribution < -0.4 is 5.32 Å². The van der Waals surface area contributed by atoms with Gasteiger partial charge in [0, 0.05) is 5.02 Å². The number of amides is 1. The van der Waals surface area contributed by atoms with Gasteiger partial charge in [-0.2, -0.15) is 0 Å². The molecule has 0 aliphatic rings. The van der Waals surface area contributed by atoms with Crippen LogP contribution in [0.25, 0.3) is 0 Å². The molecule has 1 amide bonds. The molecular weight excluding hydrogens is 390 g/mol. The Kier molecular flexibility index (Phi) is 6.98. The Bertz CT molecular complexity index is 925. The van der Waals surface area contributed by atoms with Gasteiger partial charge >= 0.3 is 5.97 Å². The fourth-order valence-electron chi connectivity index (χ4n) is 2.39. The van der Waals surface area contributed by atoms with Crippen LogP contribution in [0.2, 0.25) is 5.02 Å². The standard InChI is InChI=1S/C19H20ClNO5S/c1-3-27(24,25)17-7-5-4-6-16(17)19(23)26-12-18(22)21-13(2)14-8-10-15(20)11-9-14/h4-11,13H,3,12H2,1-2H3,(H,21,22)/t13-/m0/s1. The maximum absolute atomic E-state index is 12.2. The number of halogens is 1. The molecule has 1 atom stereocenters. The Balaban J connectivity index is 2.00. The minimum absolute atomic E-state index is 0.0853. The van der Waals surface area contributed by atoms with Crippen molar-refractivity contribution in [1.82, 2.24) is 5.32 Å². The first kappa shape index (κ1) is 20.9. The van der Waals surface area contributed by atoms with Crippen molar-refractivity contribution in [3.63, 3.8) is 0 Å². The van der Waals surface area contributed by atoms with E-state index in [9.17, 15) is 18.0 Å². The Labute approximate surface area is 163 Å². The number of carbonyl (C=O) groups is 2. The third kappa shape index (κ3) is 5.55. The lowest BCUT2D eigenvalue weighted by Gasteiger charge is -2.15. The van der Waals surface area contributed by atoms with Crippen molar-refractivity contribution in [2.45, 2.75) is 24.8 Å². The molecule has 0 aliphatic heterocycles. The summed E-state index contributed by atoms with van der Waals surface area (Å²) in [7, 11) is -3.58. The van der Waals surface area contributed by atoms with Gasteiger partial charge in [0.2, 0.25) is 0 Å². The Morgan fingerprint density at radius 2 is 1.74 bits per heavy atom. The van der Waals surface area contributed by atoms with Gasteiger partial charge in [0.1, 0.15) is 0 Å². The summed E-state index contributed by atoms with van der Waals surface area (Å²) in [4.78, 5) is 24.2. The molecule has 0 bridgehead atoms. The van der Waals surface area contributed by atoms with E-state index in [-0.39, 0.29) is 22.3 Å². The molecule has 2 aromatic rings. The topological polar surface area (TPSA) is 89.5 Å². The summed E-state index contributed by atoms with van der Waals surface area (Å²) in [6.07, 6.45) is 0. The summed E-state index contributed by atoms with van der Waals surface area (Å²) in [5.74, 6) is -1.50. The lowest BCUT2D eigenvalue weighted by atomic mass is 10.1. The molecule has 0 radical (unpaired) electrons. The van der Waals surface area contributed by atoms with E-state index in [0.29, 0.717) is 5.02 Å². The van der Waals surface area contributed by atoms with Crippen molar-refractivity contribution in [3.8, 4) is 0 Å². The number of nitrogens with one attached hydrogen (secondary N) is 1. The third-order valence-electron chi connectivity index (χ3n) is 3.90. The fourth-order valence-corrected chi connectivity index (χ4v) is 3.60. The molecule has 0 spiro atoms. The van der Waals surface area contributed by atoms with E-state index < -0.39 is 28.3 Å². The van der Waals surface area contributed by atoms with Crippen molar-refractivity contribution in [3.05, 3.63) is 64.7 Å². The van der Waals surface area contributed by atoms with Gasteiger partial charge < -0.3 is 10.1 Å². The number of hydrogen-bond donors (Lipinski definition) is 1. The molecule has 2 rings (SSSR count). The lowest BCUT2D eigenvalue weighted by Crippen LogP contribution is -2.31. The zero-order valence-corrected chi connectivity index (χ0v) is 16.5. The van der Waals surface area contributed by atoms with E-state index in [0.717, 1.165) is 5.56 Å². The summed E-state index contributed by atoms with van der Waals surface area (Å²) in [6.45, 7) is 2.76. The smallest absolute Gasteiger partial charge is 0.339 e. The second-order valence-corrected chi connectivity index (χ2v) is 8.50. The Morgan fingerprint density at radius 1 is 1.11 bits per heavy atom. The predicted molar refractivity (Wildman–Crippen MR) is 102 cm³/mol. The van der Waals surface area contributed by atoms with Crippen molar-refractivity contribution in [2.24, 2.45) is 0 Å². The third-order valence-corrected chi connectivity index (χ3v) is 5.94. The number of carbonyl (C=O) groups excluding carboxylic acids is 2. The summed E-state index contributed by atoms with van der Waals surface area (Å²) < 4.78 is 29.2. The van der Waals surface area contributed by atoms with Gasteiger partial charge in [0.25, 0.3) is 5.91 Å². The summed E-state index contributed by atoms with van der Waals surface area (Å²) in [5, 5.41) is 3.29. The van der Waals surface area contributed by atoms with Crippen LogP contribution in [0.5, 0.6) is 0 Å². The molecular formula is C19H20ClNO5S. The SMILES string of the molecule is CCS(=O)(=O)c1ccccc1C(=O)OCC(=O)N[C@@H](C)c1ccc(Cl)cc1. The molecule has 0 unspecified atom stereocenters. The molecule has 27 heavy (non-hydrogen) atoms. The van der Waals surface area contributed by atoms with Crippen LogP contribution in [-0.4, -0.2) is 32.7 Å². The van der Waals surface area contributed by atoms with Crippen molar-refractivity contribution in [2.75, 3.05) is 12.4 Å². The monoisotopic (exact) mass is 409 g/mol. The van der Waals surface area contributed by atoms with E-state index in [2.05, 4.69) is 5.32 Å². The highest BCUT2D eigenvalue weighted by molar-refractivity contribution is 7.91. The van der Waals surface area contributed by atoms with Crippen LogP contribution in [0.1, 0.15) is 35.8 Å². The quantitative estimate of drug-likeness (QED) is 0.709. The summed E-state index contributed by atoms with van der Waals surface area (Å²) in [6, 6.07) is 12.5. The zero-order chi connectivity index (χ0) is 20.0. The van der Waals surface area contributed by atoms with E-state index in [4.69, 9.17) is 16.3 Å². The van der Waals surface area contributed by atoms with Gasteiger partial charge in [0.05, 0.1) is 22.3 Å². The number of rotatable bonds is 7. The zero-order valence-electron chi connectivity index (χ0n) is 14.9. The molecule has 1 N–H and O–H groups in total. The fraction of sp³-hybridized carbons (Fsp3) is 0.263. The molecule has 144 valence electrons. The van der Waals surface area contributed by atoms with Gasteiger partial charge in [-0.05, 0) is 36.8 Å². The molecule has 0 saturated carbocycles. The summed E-state index contributed by atoms with van der Waals surface area (Å²) in [5.41, 5.74) is 0.761. The van der Waals surface area contributed by atoms with Gasteiger partial charge in [-0.3, -0.25) is 4.79 Å². The molecule has 0 fully saturated rings. The number of sulfone groups is 1. The first-order chi connectivity index (χ1) is 12.7. The van der Waals surface area contributed by atoms with Gasteiger partial charge in [0.15, 0.2) is 16.4 Å². The number of benzene rings is 2. The molecule has 0 saturated heterocycles.